The van der Waals surface area contributed by atoms with E-state index in [0.29, 0.717) is 17.0 Å². The number of nitrogens with one attached hydrogen (secondary N) is 1. The smallest absolute Gasteiger partial charge is 0.262 e. The van der Waals surface area contributed by atoms with E-state index in [4.69, 9.17) is 11.6 Å². The monoisotopic (exact) mass is 405 g/mol. The number of carbonyl (C=O) groups excluding carboxylic acids is 1. The second-order valence-electron chi connectivity index (χ2n) is 6.88. The van der Waals surface area contributed by atoms with Gasteiger partial charge in [0.2, 0.25) is 5.91 Å². The van der Waals surface area contributed by atoms with Crippen molar-refractivity contribution in [2.24, 2.45) is 5.92 Å². The van der Waals surface area contributed by atoms with Crippen LogP contribution in [0.5, 0.6) is 0 Å². The Labute approximate surface area is 163 Å². The van der Waals surface area contributed by atoms with E-state index in [1.165, 1.54) is 27.9 Å². The van der Waals surface area contributed by atoms with E-state index in [9.17, 15) is 14.0 Å². The number of carbonyl (C=O) groups is 1. The summed E-state index contributed by atoms with van der Waals surface area (Å²) in [6.45, 7) is 2.03. The maximum atomic E-state index is 13.1. The number of thiophene rings is 1. The maximum Gasteiger partial charge on any atom is 0.262 e. The molecule has 0 bridgehead atoms. The Hall–Kier alpha value is -2.25. The summed E-state index contributed by atoms with van der Waals surface area (Å²) < 4.78 is 14.4. The third-order valence-electron chi connectivity index (χ3n) is 4.80. The zero-order valence-corrected chi connectivity index (χ0v) is 16.2. The molecule has 0 fully saturated rings. The standard InChI is InChI=1S/C19H17ClFN3O2S/c1-10-2-4-12-15(6-10)27-18-17(12)19(26)24(9-22-18)8-16(25)23-14-5-3-11(21)7-13(14)20/h3,5,7,9-10H,2,4,6,8H2,1H3,(H,23,25)/t10-/m0/s1. The Bertz CT molecular complexity index is 1110. The molecule has 0 aliphatic heterocycles. The molecule has 0 saturated heterocycles. The average Bonchev–Trinajstić information content (AvgIpc) is 2.98. The molecule has 2 heterocycles. The lowest BCUT2D eigenvalue weighted by Gasteiger charge is -2.17. The van der Waals surface area contributed by atoms with Crippen LogP contribution >= 0.6 is 22.9 Å². The minimum absolute atomic E-state index is 0.102. The largest absolute Gasteiger partial charge is 0.323 e. The number of hydrogen-bond acceptors (Lipinski definition) is 4. The van der Waals surface area contributed by atoms with Crippen molar-refractivity contribution in [2.75, 3.05) is 5.32 Å². The van der Waals surface area contributed by atoms with E-state index in [2.05, 4.69) is 17.2 Å². The minimum Gasteiger partial charge on any atom is -0.323 e. The van der Waals surface area contributed by atoms with Crippen molar-refractivity contribution in [3.05, 3.63) is 56.2 Å². The number of amides is 1. The number of aryl methyl sites for hydroxylation is 1. The first-order chi connectivity index (χ1) is 12.9. The Morgan fingerprint density at radius 1 is 1.48 bits per heavy atom. The third-order valence-corrected chi connectivity index (χ3v) is 6.28. The summed E-state index contributed by atoms with van der Waals surface area (Å²) in [6.07, 6.45) is 4.30. The molecule has 140 valence electrons. The summed E-state index contributed by atoms with van der Waals surface area (Å²) in [4.78, 5) is 31.6. The van der Waals surface area contributed by atoms with E-state index in [1.807, 2.05) is 0 Å². The number of fused-ring (bicyclic) bond motifs is 3. The van der Waals surface area contributed by atoms with Crippen LogP contribution in [-0.4, -0.2) is 15.5 Å². The highest BCUT2D eigenvalue weighted by atomic mass is 35.5. The van der Waals surface area contributed by atoms with Crippen LogP contribution in [0, 0.1) is 11.7 Å². The molecule has 27 heavy (non-hydrogen) atoms. The Morgan fingerprint density at radius 3 is 3.07 bits per heavy atom. The van der Waals surface area contributed by atoms with Crippen molar-refractivity contribution < 1.29 is 9.18 Å². The van der Waals surface area contributed by atoms with E-state index in [1.54, 1.807) is 11.3 Å². The van der Waals surface area contributed by atoms with Crippen LogP contribution in [0.4, 0.5) is 10.1 Å². The number of aromatic nitrogens is 2. The van der Waals surface area contributed by atoms with Crippen LogP contribution in [-0.2, 0) is 24.2 Å². The van der Waals surface area contributed by atoms with Crippen LogP contribution in [0.25, 0.3) is 10.2 Å². The lowest BCUT2D eigenvalue weighted by Crippen LogP contribution is -2.28. The third kappa shape index (κ3) is 3.49. The zero-order chi connectivity index (χ0) is 19.1. The number of anilines is 1. The molecule has 1 aromatic carbocycles. The van der Waals surface area contributed by atoms with Gasteiger partial charge in [-0.3, -0.25) is 14.2 Å². The van der Waals surface area contributed by atoms with E-state index in [0.717, 1.165) is 35.7 Å². The maximum absolute atomic E-state index is 13.1. The van der Waals surface area contributed by atoms with E-state index >= 15 is 0 Å². The predicted molar refractivity (Wildman–Crippen MR) is 105 cm³/mol. The molecule has 0 spiro atoms. The van der Waals surface area contributed by atoms with Gasteiger partial charge >= 0.3 is 0 Å². The molecular formula is C19H17ClFN3O2S. The van der Waals surface area contributed by atoms with Crippen molar-refractivity contribution in [1.82, 2.24) is 9.55 Å². The summed E-state index contributed by atoms with van der Waals surface area (Å²) in [6, 6.07) is 3.71. The normalized spacial score (nSPS) is 16.3. The lowest BCUT2D eigenvalue weighted by molar-refractivity contribution is -0.116. The topological polar surface area (TPSA) is 64.0 Å². The molecule has 0 unspecified atom stereocenters. The molecule has 1 amide bonds. The molecule has 0 radical (unpaired) electrons. The van der Waals surface area contributed by atoms with Gasteiger partial charge in [0, 0.05) is 4.88 Å². The number of rotatable bonds is 3. The van der Waals surface area contributed by atoms with Crippen LogP contribution in [0.2, 0.25) is 5.02 Å². The number of halogens is 2. The van der Waals surface area contributed by atoms with Crippen molar-refractivity contribution in [3.8, 4) is 0 Å². The summed E-state index contributed by atoms with van der Waals surface area (Å²) in [5.41, 5.74) is 1.18. The molecule has 1 atom stereocenters. The molecule has 2 aromatic heterocycles. The van der Waals surface area contributed by atoms with Crippen LogP contribution < -0.4 is 10.9 Å². The highest BCUT2D eigenvalue weighted by molar-refractivity contribution is 7.18. The van der Waals surface area contributed by atoms with Gasteiger partial charge in [-0.15, -0.1) is 11.3 Å². The molecule has 4 rings (SSSR count). The zero-order valence-electron chi connectivity index (χ0n) is 14.6. The van der Waals surface area contributed by atoms with Crippen molar-refractivity contribution in [1.29, 1.82) is 0 Å². The van der Waals surface area contributed by atoms with Gasteiger partial charge in [0.15, 0.2) is 0 Å². The van der Waals surface area contributed by atoms with Crippen molar-refractivity contribution in [3.63, 3.8) is 0 Å². The van der Waals surface area contributed by atoms with Crippen molar-refractivity contribution in [2.45, 2.75) is 32.7 Å². The lowest BCUT2D eigenvalue weighted by atomic mass is 9.89. The van der Waals surface area contributed by atoms with Gasteiger partial charge in [0.05, 0.1) is 22.4 Å². The first-order valence-electron chi connectivity index (χ1n) is 8.67. The molecule has 1 N–H and O–H groups in total. The molecule has 0 saturated carbocycles. The number of nitrogens with zero attached hydrogens (tertiary/aromatic N) is 2. The highest BCUT2D eigenvalue weighted by Gasteiger charge is 2.23. The quantitative estimate of drug-likeness (QED) is 0.716. The van der Waals surface area contributed by atoms with Crippen LogP contribution in [0.1, 0.15) is 23.8 Å². The Kier molecular flexibility index (Phi) is 4.74. The number of hydrogen-bond donors (Lipinski definition) is 1. The predicted octanol–water partition coefficient (Wildman–Crippen LogP) is 4.01. The van der Waals surface area contributed by atoms with E-state index in [-0.39, 0.29) is 17.1 Å². The fourth-order valence-electron chi connectivity index (χ4n) is 3.41. The fraction of sp³-hybridized carbons (Fsp3) is 0.316. The second-order valence-corrected chi connectivity index (χ2v) is 8.37. The summed E-state index contributed by atoms with van der Waals surface area (Å²) in [5.74, 6) is -0.302. The molecule has 8 heteroatoms. The second kappa shape index (κ2) is 7.05. The first kappa shape index (κ1) is 18.1. The minimum atomic E-state index is -0.486. The fourth-order valence-corrected chi connectivity index (χ4v) is 4.97. The summed E-state index contributed by atoms with van der Waals surface area (Å²) in [7, 11) is 0. The summed E-state index contributed by atoms with van der Waals surface area (Å²) in [5, 5.41) is 3.34. The summed E-state index contributed by atoms with van der Waals surface area (Å²) >= 11 is 7.50. The molecule has 1 aliphatic rings. The van der Waals surface area contributed by atoms with Crippen LogP contribution in [0.15, 0.2) is 29.3 Å². The molecule has 1 aliphatic carbocycles. The first-order valence-corrected chi connectivity index (χ1v) is 9.86. The average molecular weight is 406 g/mol. The van der Waals surface area contributed by atoms with Gasteiger partial charge in [-0.25, -0.2) is 9.37 Å². The highest BCUT2D eigenvalue weighted by Crippen LogP contribution is 2.35. The van der Waals surface area contributed by atoms with Gasteiger partial charge in [-0.1, -0.05) is 18.5 Å². The van der Waals surface area contributed by atoms with Crippen molar-refractivity contribution >= 4 is 44.7 Å². The van der Waals surface area contributed by atoms with E-state index < -0.39 is 11.7 Å². The Morgan fingerprint density at radius 2 is 2.30 bits per heavy atom. The van der Waals surface area contributed by atoms with Gasteiger partial charge in [0.1, 0.15) is 17.2 Å². The van der Waals surface area contributed by atoms with Gasteiger partial charge in [-0.05, 0) is 48.9 Å². The Balaban J connectivity index is 1.61. The SMILES string of the molecule is C[C@H]1CCc2c(sc3ncn(CC(=O)Nc4ccc(F)cc4Cl)c(=O)c23)C1. The van der Waals surface area contributed by atoms with Gasteiger partial charge in [0.25, 0.3) is 5.56 Å². The molecular weight excluding hydrogens is 389 g/mol. The van der Waals surface area contributed by atoms with Gasteiger partial charge in [-0.2, -0.15) is 0 Å². The molecule has 3 aromatic rings. The van der Waals surface area contributed by atoms with Crippen LogP contribution in [0.3, 0.4) is 0 Å². The molecule has 5 nitrogen and oxygen atoms in total. The van der Waals surface area contributed by atoms with Gasteiger partial charge < -0.3 is 5.32 Å². The number of benzene rings is 1.